The summed E-state index contributed by atoms with van der Waals surface area (Å²) in [6, 6.07) is 1.73. The van der Waals surface area contributed by atoms with E-state index >= 15 is 0 Å². The number of aryl methyl sites for hydroxylation is 2. The van der Waals surface area contributed by atoms with Gasteiger partial charge in [-0.15, -0.1) is 0 Å². The van der Waals surface area contributed by atoms with Crippen LogP contribution in [0.4, 0.5) is 5.69 Å². The number of benzene rings is 1. The number of ether oxygens (including phenoxy) is 2. The van der Waals surface area contributed by atoms with Gasteiger partial charge >= 0.3 is 11.7 Å². The van der Waals surface area contributed by atoms with Crippen LogP contribution in [-0.2, 0) is 9.53 Å². The minimum atomic E-state index is -0.546. The third-order valence-corrected chi connectivity index (χ3v) is 2.78. The molecule has 0 aromatic heterocycles. The van der Waals surface area contributed by atoms with Crippen LogP contribution in [0.3, 0.4) is 0 Å². The number of hydrogen-bond donors (Lipinski definition) is 0. The van der Waals surface area contributed by atoms with Crippen molar-refractivity contribution in [3.05, 3.63) is 32.9 Å². The first kappa shape index (κ1) is 14.9. The molecular formula is C13H17NO5. The number of rotatable bonds is 5. The van der Waals surface area contributed by atoms with Crippen molar-refractivity contribution in [2.24, 2.45) is 0 Å². The lowest BCUT2D eigenvalue weighted by atomic mass is 10.0. The molecule has 0 heterocycles. The molecule has 0 amide bonds. The third kappa shape index (κ3) is 3.43. The molecule has 0 fully saturated rings. The molecule has 104 valence electrons. The topological polar surface area (TPSA) is 78.7 Å². The molecule has 0 spiro atoms. The second-order valence-electron chi connectivity index (χ2n) is 4.16. The van der Waals surface area contributed by atoms with Crippen LogP contribution in [0.5, 0.6) is 5.75 Å². The highest BCUT2D eigenvalue weighted by Crippen LogP contribution is 2.36. The summed E-state index contributed by atoms with van der Waals surface area (Å²) in [7, 11) is 0. The van der Waals surface area contributed by atoms with E-state index in [1.54, 1.807) is 26.8 Å². The fourth-order valence-corrected chi connectivity index (χ4v) is 1.77. The lowest BCUT2D eigenvalue weighted by Gasteiger charge is -2.12. The molecule has 0 bridgehead atoms. The SMILES string of the molecule is CCOC(=O)COc1c(C)c(C)cc(C)c1[N+](=O)[O-]. The van der Waals surface area contributed by atoms with Crippen LogP contribution < -0.4 is 4.74 Å². The van der Waals surface area contributed by atoms with Crippen molar-refractivity contribution in [1.82, 2.24) is 0 Å². The number of carbonyl (C=O) groups excluding carboxylic acids is 1. The lowest BCUT2D eigenvalue weighted by molar-refractivity contribution is -0.386. The summed E-state index contributed by atoms with van der Waals surface area (Å²) < 4.78 is 10.0. The lowest BCUT2D eigenvalue weighted by Crippen LogP contribution is -2.16. The van der Waals surface area contributed by atoms with E-state index in [0.29, 0.717) is 11.1 Å². The van der Waals surface area contributed by atoms with Gasteiger partial charge in [-0.2, -0.15) is 0 Å². The Kier molecular flexibility index (Phi) is 4.86. The highest BCUT2D eigenvalue weighted by Gasteiger charge is 2.23. The first-order valence-corrected chi connectivity index (χ1v) is 5.92. The van der Waals surface area contributed by atoms with Gasteiger partial charge in [-0.05, 0) is 39.3 Å². The summed E-state index contributed by atoms with van der Waals surface area (Å²) in [5.41, 5.74) is 1.93. The number of nitro groups is 1. The van der Waals surface area contributed by atoms with Gasteiger partial charge < -0.3 is 9.47 Å². The van der Waals surface area contributed by atoms with Gasteiger partial charge in [0, 0.05) is 11.1 Å². The molecular weight excluding hydrogens is 250 g/mol. The van der Waals surface area contributed by atoms with Crippen molar-refractivity contribution in [2.75, 3.05) is 13.2 Å². The van der Waals surface area contributed by atoms with Gasteiger partial charge in [-0.3, -0.25) is 10.1 Å². The van der Waals surface area contributed by atoms with Gasteiger partial charge in [-0.1, -0.05) is 0 Å². The Hall–Kier alpha value is -2.11. The van der Waals surface area contributed by atoms with Crippen molar-refractivity contribution < 1.29 is 19.2 Å². The molecule has 19 heavy (non-hydrogen) atoms. The van der Waals surface area contributed by atoms with E-state index in [0.717, 1.165) is 5.56 Å². The van der Waals surface area contributed by atoms with Gasteiger partial charge in [0.05, 0.1) is 11.5 Å². The summed E-state index contributed by atoms with van der Waals surface area (Å²) in [4.78, 5) is 21.8. The average Bonchev–Trinajstić information content (AvgIpc) is 2.31. The maximum atomic E-state index is 11.3. The van der Waals surface area contributed by atoms with Gasteiger partial charge in [0.25, 0.3) is 0 Å². The Morgan fingerprint density at radius 1 is 1.32 bits per heavy atom. The molecule has 0 unspecified atom stereocenters. The van der Waals surface area contributed by atoms with Crippen molar-refractivity contribution >= 4 is 11.7 Å². The van der Waals surface area contributed by atoms with E-state index in [-0.39, 0.29) is 24.7 Å². The molecule has 6 nitrogen and oxygen atoms in total. The molecule has 1 rings (SSSR count). The fraction of sp³-hybridized carbons (Fsp3) is 0.462. The van der Waals surface area contributed by atoms with E-state index in [4.69, 9.17) is 9.47 Å². The summed E-state index contributed by atoms with van der Waals surface area (Å²) >= 11 is 0. The maximum Gasteiger partial charge on any atom is 0.344 e. The monoisotopic (exact) mass is 267 g/mol. The van der Waals surface area contributed by atoms with Crippen LogP contribution in [0.15, 0.2) is 6.07 Å². The van der Waals surface area contributed by atoms with Crippen LogP contribution in [0, 0.1) is 30.9 Å². The fourth-order valence-electron chi connectivity index (χ4n) is 1.77. The average molecular weight is 267 g/mol. The molecule has 0 atom stereocenters. The second kappa shape index (κ2) is 6.17. The van der Waals surface area contributed by atoms with Crippen molar-refractivity contribution in [3.63, 3.8) is 0 Å². The van der Waals surface area contributed by atoms with Gasteiger partial charge in [0.2, 0.25) is 5.75 Å². The zero-order valence-corrected chi connectivity index (χ0v) is 11.5. The molecule has 6 heteroatoms. The predicted molar refractivity (Wildman–Crippen MR) is 69.4 cm³/mol. The van der Waals surface area contributed by atoms with E-state index in [1.165, 1.54) is 0 Å². The first-order valence-electron chi connectivity index (χ1n) is 5.92. The zero-order chi connectivity index (χ0) is 14.6. The minimum Gasteiger partial charge on any atom is -0.475 e. The number of esters is 1. The minimum absolute atomic E-state index is 0.104. The summed E-state index contributed by atoms with van der Waals surface area (Å²) in [6.45, 7) is 6.80. The maximum absolute atomic E-state index is 11.3. The quantitative estimate of drug-likeness (QED) is 0.465. The smallest absolute Gasteiger partial charge is 0.344 e. The van der Waals surface area contributed by atoms with Gasteiger partial charge in [0.15, 0.2) is 6.61 Å². The number of hydrogen-bond acceptors (Lipinski definition) is 5. The first-order chi connectivity index (χ1) is 8.88. The summed E-state index contributed by atoms with van der Waals surface area (Å²) in [6.07, 6.45) is 0. The molecule has 0 aliphatic heterocycles. The molecule has 0 saturated carbocycles. The zero-order valence-electron chi connectivity index (χ0n) is 11.5. The van der Waals surface area contributed by atoms with Gasteiger partial charge in [-0.25, -0.2) is 4.79 Å². The van der Waals surface area contributed by atoms with E-state index in [9.17, 15) is 14.9 Å². The molecule has 0 aliphatic rings. The largest absolute Gasteiger partial charge is 0.475 e. The van der Waals surface area contributed by atoms with Crippen LogP contribution >= 0.6 is 0 Å². The molecule has 0 N–H and O–H groups in total. The van der Waals surface area contributed by atoms with E-state index in [2.05, 4.69) is 0 Å². The van der Waals surface area contributed by atoms with Crippen molar-refractivity contribution in [3.8, 4) is 5.75 Å². The van der Waals surface area contributed by atoms with Crippen molar-refractivity contribution in [1.29, 1.82) is 0 Å². The molecule has 0 radical (unpaired) electrons. The number of carbonyl (C=O) groups is 1. The molecule has 1 aromatic carbocycles. The van der Waals surface area contributed by atoms with E-state index in [1.807, 2.05) is 6.92 Å². The Morgan fingerprint density at radius 3 is 2.47 bits per heavy atom. The number of nitrogens with zero attached hydrogens (tertiary/aromatic N) is 1. The Bertz CT molecular complexity index is 510. The van der Waals surface area contributed by atoms with Crippen LogP contribution in [0.25, 0.3) is 0 Å². The Labute approximate surface area is 111 Å². The third-order valence-electron chi connectivity index (χ3n) is 2.78. The van der Waals surface area contributed by atoms with E-state index < -0.39 is 10.9 Å². The Morgan fingerprint density at radius 2 is 1.95 bits per heavy atom. The number of nitro benzene ring substituents is 1. The van der Waals surface area contributed by atoms with Crippen LogP contribution in [0.1, 0.15) is 23.6 Å². The van der Waals surface area contributed by atoms with Crippen LogP contribution in [0.2, 0.25) is 0 Å². The summed E-state index contributed by atoms with van der Waals surface area (Å²) in [5, 5.41) is 11.1. The highest BCUT2D eigenvalue weighted by molar-refractivity contribution is 5.71. The second-order valence-corrected chi connectivity index (χ2v) is 4.16. The standard InChI is InChI=1S/C13H17NO5/c1-5-18-11(15)7-19-13-10(4)8(2)6-9(3)12(13)14(16)17/h6H,5,7H2,1-4H3. The van der Waals surface area contributed by atoms with Crippen molar-refractivity contribution in [2.45, 2.75) is 27.7 Å². The highest BCUT2D eigenvalue weighted by atomic mass is 16.6. The predicted octanol–water partition coefficient (Wildman–Crippen LogP) is 2.46. The normalized spacial score (nSPS) is 10.1. The van der Waals surface area contributed by atoms with Crippen LogP contribution in [-0.4, -0.2) is 24.1 Å². The molecule has 0 aliphatic carbocycles. The molecule has 0 saturated heterocycles. The Balaban J connectivity index is 3.10. The molecule has 1 aromatic rings. The van der Waals surface area contributed by atoms with Gasteiger partial charge in [0.1, 0.15) is 0 Å². The summed E-state index contributed by atoms with van der Waals surface area (Å²) in [5.74, 6) is -0.411.